The van der Waals surface area contributed by atoms with Crippen LogP contribution in [0, 0.1) is 5.92 Å². The van der Waals surface area contributed by atoms with Crippen LogP contribution in [0.3, 0.4) is 0 Å². The fraction of sp³-hybridized carbons (Fsp3) is 0.222. The topological polar surface area (TPSA) is 75.6 Å². The van der Waals surface area contributed by atoms with Crippen molar-refractivity contribution < 1.29 is 19.4 Å². The van der Waals surface area contributed by atoms with Crippen LogP contribution in [0.2, 0.25) is 0 Å². The third kappa shape index (κ3) is 5.82. The Balaban J connectivity index is 1.79. The molecule has 0 unspecified atom stereocenters. The van der Waals surface area contributed by atoms with Crippen molar-refractivity contribution in [3.8, 4) is 0 Å². The van der Waals surface area contributed by atoms with Crippen molar-refractivity contribution in [3.63, 3.8) is 0 Å². The number of carbonyl (C=O) groups excluding carboxylic acids is 1. The first kappa shape index (κ1) is 16.5. The Morgan fingerprint density at radius 2 is 1.52 bits per heavy atom. The number of rotatable bonds is 7. The zero-order chi connectivity index (χ0) is 16.5. The lowest BCUT2D eigenvalue weighted by Gasteiger charge is -2.13. The zero-order valence-corrected chi connectivity index (χ0v) is 12.6. The lowest BCUT2D eigenvalue weighted by molar-refractivity contribution is -0.141. The smallest absolute Gasteiger partial charge is 0.407 e. The predicted octanol–water partition coefficient (Wildman–Crippen LogP) is 2.86. The van der Waals surface area contributed by atoms with Gasteiger partial charge in [-0.25, -0.2) is 4.79 Å². The van der Waals surface area contributed by atoms with Gasteiger partial charge >= 0.3 is 12.1 Å². The van der Waals surface area contributed by atoms with E-state index in [1.54, 1.807) is 0 Å². The third-order valence-corrected chi connectivity index (χ3v) is 3.38. The number of hydrogen-bond acceptors (Lipinski definition) is 3. The van der Waals surface area contributed by atoms with E-state index >= 15 is 0 Å². The lowest BCUT2D eigenvalue weighted by Crippen LogP contribution is -2.34. The van der Waals surface area contributed by atoms with Crippen LogP contribution in [0.4, 0.5) is 4.79 Å². The number of ether oxygens (including phenoxy) is 1. The molecule has 0 aliphatic heterocycles. The number of hydrogen-bond donors (Lipinski definition) is 2. The van der Waals surface area contributed by atoms with E-state index in [0.717, 1.165) is 11.1 Å². The van der Waals surface area contributed by atoms with Gasteiger partial charge in [-0.15, -0.1) is 0 Å². The second kappa shape index (κ2) is 8.58. The quantitative estimate of drug-likeness (QED) is 0.824. The summed E-state index contributed by atoms with van der Waals surface area (Å²) in [7, 11) is 0. The molecule has 0 aliphatic carbocycles. The molecule has 0 aromatic heterocycles. The van der Waals surface area contributed by atoms with E-state index in [9.17, 15) is 14.7 Å². The number of nitrogens with one attached hydrogen (secondary N) is 1. The van der Waals surface area contributed by atoms with E-state index < -0.39 is 18.0 Å². The van der Waals surface area contributed by atoms with E-state index in [4.69, 9.17) is 4.74 Å². The first-order valence-corrected chi connectivity index (χ1v) is 7.36. The molecule has 2 rings (SSSR count). The van der Waals surface area contributed by atoms with Crippen molar-refractivity contribution in [2.45, 2.75) is 13.0 Å². The van der Waals surface area contributed by atoms with Crippen LogP contribution in [0.5, 0.6) is 0 Å². The number of amides is 1. The molecule has 2 N–H and O–H groups in total. The highest BCUT2D eigenvalue weighted by molar-refractivity contribution is 5.72. The van der Waals surface area contributed by atoms with Crippen molar-refractivity contribution in [2.75, 3.05) is 6.54 Å². The molecule has 2 aromatic rings. The molecule has 0 heterocycles. The van der Waals surface area contributed by atoms with Crippen molar-refractivity contribution >= 4 is 12.1 Å². The Labute approximate surface area is 134 Å². The van der Waals surface area contributed by atoms with Gasteiger partial charge in [-0.1, -0.05) is 60.7 Å². The second-order valence-electron chi connectivity index (χ2n) is 5.17. The van der Waals surface area contributed by atoms with Crippen molar-refractivity contribution in [1.29, 1.82) is 0 Å². The molecule has 5 heteroatoms. The molecule has 5 nitrogen and oxygen atoms in total. The van der Waals surface area contributed by atoms with Crippen LogP contribution in [0.15, 0.2) is 60.7 Å². The van der Waals surface area contributed by atoms with Crippen LogP contribution in [-0.2, 0) is 22.6 Å². The van der Waals surface area contributed by atoms with E-state index in [0.29, 0.717) is 6.42 Å². The Morgan fingerprint density at radius 1 is 0.957 bits per heavy atom. The van der Waals surface area contributed by atoms with Gasteiger partial charge in [0.2, 0.25) is 0 Å². The summed E-state index contributed by atoms with van der Waals surface area (Å²) in [4.78, 5) is 23.0. The normalized spacial score (nSPS) is 11.5. The summed E-state index contributed by atoms with van der Waals surface area (Å²) < 4.78 is 5.07. The summed E-state index contributed by atoms with van der Waals surface area (Å²) in [5.41, 5.74) is 1.79. The van der Waals surface area contributed by atoms with Crippen LogP contribution < -0.4 is 5.32 Å². The average molecular weight is 313 g/mol. The van der Waals surface area contributed by atoms with E-state index in [1.165, 1.54) is 0 Å². The summed E-state index contributed by atoms with van der Waals surface area (Å²) in [5.74, 6) is -1.64. The summed E-state index contributed by atoms with van der Waals surface area (Å²) in [6, 6.07) is 18.6. The second-order valence-corrected chi connectivity index (χ2v) is 5.17. The molecule has 0 radical (unpaired) electrons. The maximum atomic E-state index is 11.7. The van der Waals surface area contributed by atoms with E-state index in [1.807, 2.05) is 60.7 Å². The van der Waals surface area contributed by atoms with Gasteiger partial charge in [0.15, 0.2) is 0 Å². The van der Waals surface area contributed by atoms with Crippen molar-refractivity contribution in [1.82, 2.24) is 5.32 Å². The summed E-state index contributed by atoms with van der Waals surface area (Å²) in [6.07, 6.45) is -0.261. The fourth-order valence-corrected chi connectivity index (χ4v) is 2.13. The van der Waals surface area contributed by atoms with Gasteiger partial charge in [-0.3, -0.25) is 4.79 Å². The van der Waals surface area contributed by atoms with Crippen LogP contribution in [-0.4, -0.2) is 23.7 Å². The number of carboxylic acid groups (broad SMARTS) is 1. The molecule has 120 valence electrons. The molecule has 0 spiro atoms. The minimum atomic E-state index is -0.947. The van der Waals surface area contributed by atoms with Crippen LogP contribution in [0.25, 0.3) is 0 Å². The predicted molar refractivity (Wildman–Crippen MR) is 85.9 cm³/mol. The number of carbonyl (C=O) groups is 2. The van der Waals surface area contributed by atoms with Crippen LogP contribution in [0.1, 0.15) is 11.1 Å². The third-order valence-electron chi connectivity index (χ3n) is 3.38. The molecule has 1 amide bonds. The molecule has 0 fully saturated rings. The zero-order valence-electron chi connectivity index (χ0n) is 12.6. The molecule has 0 saturated heterocycles. The summed E-state index contributed by atoms with van der Waals surface area (Å²) in [5, 5.41) is 11.8. The van der Waals surface area contributed by atoms with Gasteiger partial charge in [0.25, 0.3) is 0 Å². The molecule has 0 bridgehead atoms. The Kier molecular flexibility index (Phi) is 6.17. The monoisotopic (exact) mass is 313 g/mol. The fourth-order valence-electron chi connectivity index (χ4n) is 2.13. The highest BCUT2D eigenvalue weighted by Gasteiger charge is 2.19. The van der Waals surface area contributed by atoms with Gasteiger partial charge in [0.1, 0.15) is 6.61 Å². The lowest BCUT2D eigenvalue weighted by atomic mass is 9.99. The molecular formula is C18H19NO4. The maximum absolute atomic E-state index is 11.7. The minimum Gasteiger partial charge on any atom is -0.481 e. The molecule has 2 aromatic carbocycles. The standard InChI is InChI=1S/C18H19NO4/c20-17(21)16(11-14-7-3-1-4-8-14)12-19-18(22)23-13-15-9-5-2-6-10-15/h1-10,16H,11-13H2,(H,19,22)(H,20,21)/t16-/m1/s1. The Hall–Kier alpha value is -2.82. The summed E-state index contributed by atoms with van der Waals surface area (Å²) >= 11 is 0. The highest BCUT2D eigenvalue weighted by atomic mass is 16.5. The molecule has 0 aliphatic rings. The SMILES string of the molecule is O=C(NC[C@@H](Cc1ccccc1)C(=O)O)OCc1ccccc1. The van der Waals surface area contributed by atoms with Crippen molar-refractivity contribution in [2.24, 2.45) is 5.92 Å². The van der Waals surface area contributed by atoms with Gasteiger partial charge in [-0.05, 0) is 17.5 Å². The first-order valence-electron chi connectivity index (χ1n) is 7.36. The van der Waals surface area contributed by atoms with Gasteiger partial charge in [0, 0.05) is 6.54 Å². The Morgan fingerprint density at radius 3 is 2.09 bits per heavy atom. The average Bonchev–Trinajstić information content (AvgIpc) is 2.58. The van der Waals surface area contributed by atoms with E-state index in [2.05, 4.69) is 5.32 Å². The molecule has 0 saturated carbocycles. The highest BCUT2D eigenvalue weighted by Crippen LogP contribution is 2.09. The summed E-state index contributed by atoms with van der Waals surface area (Å²) in [6.45, 7) is 0.181. The van der Waals surface area contributed by atoms with Crippen molar-refractivity contribution in [3.05, 3.63) is 71.8 Å². The molecular weight excluding hydrogens is 294 g/mol. The maximum Gasteiger partial charge on any atom is 0.407 e. The van der Waals surface area contributed by atoms with Gasteiger partial charge < -0.3 is 15.2 Å². The molecule has 23 heavy (non-hydrogen) atoms. The van der Waals surface area contributed by atoms with E-state index in [-0.39, 0.29) is 13.2 Å². The number of alkyl carbamates (subject to hydrolysis) is 1. The molecule has 1 atom stereocenters. The number of carboxylic acids is 1. The van der Waals surface area contributed by atoms with Gasteiger partial charge in [-0.2, -0.15) is 0 Å². The first-order chi connectivity index (χ1) is 11.1. The number of aliphatic carboxylic acids is 1. The van der Waals surface area contributed by atoms with Crippen LogP contribution >= 0.6 is 0 Å². The van der Waals surface area contributed by atoms with Gasteiger partial charge in [0.05, 0.1) is 5.92 Å². The number of benzene rings is 2. The minimum absolute atomic E-state index is 0.0256. The largest absolute Gasteiger partial charge is 0.481 e. The Bertz CT molecular complexity index is 628.